The lowest BCUT2D eigenvalue weighted by Gasteiger charge is -2.31. The number of rotatable bonds is 11. The standard InChI is InChI=1S/C26H36N2O3/c1-6-24(26(30)27-20(4)5)28(17-16-21-10-8-7-9-11-21)25(29)18-31-23-14-12-22(13-15-23)19(2)3/h7-15,19-20,24H,6,16-18H2,1-5H3,(H,27,30)/t24-/m1/s1. The molecule has 2 rings (SSSR count). The van der Waals surface area contributed by atoms with Gasteiger partial charge < -0.3 is 15.0 Å². The van der Waals surface area contributed by atoms with Gasteiger partial charge in [-0.05, 0) is 55.9 Å². The smallest absolute Gasteiger partial charge is 0.261 e. The second-order valence-corrected chi connectivity index (χ2v) is 8.42. The van der Waals surface area contributed by atoms with E-state index in [4.69, 9.17) is 4.74 Å². The summed E-state index contributed by atoms with van der Waals surface area (Å²) in [5.74, 6) is 0.782. The third-order valence-electron chi connectivity index (χ3n) is 5.21. The number of nitrogens with one attached hydrogen (secondary N) is 1. The van der Waals surface area contributed by atoms with Crippen molar-refractivity contribution in [1.82, 2.24) is 10.2 Å². The number of hydrogen-bond donors (Lipinski definition) is 1. The first-order valence-electron chi connectivity index (χ1n) is 11.2. The van der Waals surface area contributed by atoms with Gasteiger partial charge in [-0.15, -0.1) is 0 Å². The average Bonchev–Trinajstić information content (AvgIpc) is 2.75. The molecule has 31 heavy (non-hydrogen) atoms. The van der Waals surface area contributed by atoms with Crippen molar-refractivity contribution in [3.05, 3.63) is 65.7 Å². The van der Waals surface area contributed by atoms with Crippen LogP contribution >= 0.6 is 0 Å². The molecule has 5 nitrogen and oxygen atoms in total. The Balaban J connectivity index is 2.10. The van der Waals surface area contributed by atoms with Gasteiger partial charge in [0, 0.05) is 12.6 Å². The van der Waals surface area contributed by atoms with E-state index in [1.54, 1.807) is 4.90 Å². The molecular formula is C26H36N2O3. The summed E-state index contributed by atoms with van der Waals surface area (Å²) >= 11 is 0. The Morgan fingerprint density at radius 2 is 1.61 bits per heavy atom. The molecule has 0 heterocycles. The maximum Gasteiger partial charge on any atom is 0.261 e. The maximum atomic E-state index is 13.1. The number of hydrogen-bond acceptors (Lipinski definition) is 3. The van der Waals surface area contributed by atoms with E-state index in [2.05, 4.69) is 19.2 Å². The summed E-state index contributed by atoms with van der Waals surface area (Å²) < 4.78 is 5.77. The SMILES string of the molecule is CC[C@H](C(=O)NC(C)C)N(CCc1ccccc1)C(=O)COc1ccc(C(C)C)cc1. The van der Waals surface area contributed by atoms with Gasteiger partial charge in [-0.2, -0.15) is 0 Å². The van der Waals surface area contributed by atoms with Gasteiger partial charge in [0.2, 0.25) is 5.91 Å². The van der Waals surface area contributed by atoms with Crippen LogP contribution in [-0.4, -0.2) is 41.9 Å². The summed E-state index contributed by atoms with van der Waals surface area (Å²) in [7, 11) is 0. The molecule has 0 bridgehead atoms. The van der Waals surface area contributed by atoms with Crippen molar-refractivity contribution >= 4 is 11.8 Å². The highest BCUT2D eigenvalue weighted by Crippen LogP contribution is 2.19. The van der Waals surface area contributed by atoms with E-state index >= 15 is 0 Å². The molecule has 0 aliphatic rings. The number of carbonyl (C=O) groups excluding carboxylic acids is 2. The first-order chi connectivity index (χ1) is 14.8. The van der Waals surface area contributed by atoms with E-state index in [0.717, 1.165) is 5.56 Å². The topological polar surface area (TPSA) is 58.6 Å². The summed E-state index contributed by atoms with van der Waals surface area (Å²) in [6.45, 7) is 10.4. The van der Waals surface area contributed by atoms with Crippen LogP contribution in [0.2, 0.25) is 0 Å². The first kappa shape index (κ1) is 24.4. The van der Waals surface area contributed by atoms with Crippen molar-refractivity contribution in [2.24, 2.45) is 0 Å². The van der Waals surface area contributed by atoms with Crippen LogP contribution in [-0.2, 0) is 16.0 Å². The lowest BCUT2D eigenvalue weighted by atomic mass is 10.0. The van der Waals surface area contributed by atoms with Crippen molar-refractivity contribution in [3.63, 3.8) is 0 Å². The van der Waals surface area contributed by atoms with Crippen LogP contribution in [0.5, 0.6) is 5.75 Å². The summed E-state index contributed by atoms with van der Waals surface area (Å²) in [5.41, 5.74) is 2.35. The zero-order chi connectivity index (χ0) is 22.8. The minimum atomic E-state index is -0.523. The third-order valence-corrected chi connectivity index (χ3v) is 5.21. The Morgan fingerprint density at radius 3 is 2.16 bits per heavy atom. The zero-order valence-corrected chi connectivity index (χ0v) is 19.4. The van der Waals surface area contributed by atoms with Gasteiger partial charge in [0.15, 0.2) is 6.61 Å². The summed E-state index contributed by atoms with van der Waals surface area (Å²) in [6.07, 6.45) is 1.23. The number of ether oxygens (including phenoxy) is 1. The quantitative estimate of drug-likeness (QED) is 0.575. The molecule has 2 aromatic carbocycles. The van der Waals surface area contributed by atoms with E-state index in [1.165, 1.54) is 5.56 Å². The fourth-order valence-corrected chi connectivity index (χ4v) is 3.45. The molecule has 2 aromatic rings. The van der Waals surface area contributed by atoms with Crippen molar-refractivity contribution < 1.29 is 14.3 Å². The van der Waals surface area contributed by atoms with Crippen LogP contribution in [0.25, 0.3) is 0 Å². The lowest BCUT2D eigenvalue weighted by Crippen LogP contribution is -2.52. The monoisotopic (exact) mass is 424 g/mol. The van der Waals surface area contributed by atoms with Crippen molar-refractivity contribution in [2.75, 3.05) is 13.2 Å². The Hall–Kier alpha value is -2.82. The van der Waals surface area contributed by atoms with E-state index in [0.29, 0.717) is 31.1 Å². The summed E-state index contributed by atoms with van der Waals surface area (Å²) in [5, 5.41) is 2.94. The molecular weight excluding hydrogens is 388 g/mol. The Kier molecular flexibility index (Phi) is 9.57. The molecule has 1 N–H and O–H groups in total. The zero-order valence-electron chi connectivity index (χ0n) is 19.4. The highest BCUT2D eigenvalue weighted by molar-refractivity contribution is 5.88. The van der Waals surface area contributed by atoms with Crippen molar-refractivity contribution in [2.45, 2.75) is 65.5 Å². The van der Waals surface area contributed by atoms with Crippen LogP contribution in [0.1, 0.15) is 58.1 Å². The molecule has 5 heteroatoms. The minimum absolute atomic E-state index is 0.0170. The van der Waals surface area contributed by atoms with Crippen LogP contribution < -0.4 is 10.1 Å². The highest BCUT2D eigenvalue weighted by atomic mass is 16.5. The van der Waals surface area contributed by atoms with Gasteiger partial charge in [0.25, 0.3) is 5.91 Å². The molecule has 0 saturated heterocycles. The molecule has 0 aliphatic heterocycles. The average molecular weight is 425 g/mol. The van der Waals surface area contributed by atoms with Gasteiger partial charge in [0.05, 0.1) is 0 Å². The Morgan fingerprint density at radius 1 is 0.968 bits per heavy atom. The molecule has 0 unspecified atom stereocenters. The van der Waals surface area contributed by atoms with Crippen LogP contribution in [0.15, 0.2) is 54.6 Å². The summed E-state index contributed by atoms with van der Waals surface area (Å²) in [6, 6.07) is 17.3. The number of benzene rings is 2. The van der Waals surface area contributed by atoms with Gasteiger partial charge >= 0.3 is 0 Å². The maximum absolute atomic E-state index is 13.1. The molecule has 0 fully saturated rings. The van der Waals surface area contributed by atoms with E-state index in [-0.39, 0.29) is 24.5 Å². The van der Waals surface area contributed by atoms with Crippen molar-refractivity contribution in [1.29, 1.82) is 0 Å². The van der Waals surface area contributed by atoms with Gasteiger partial charge in [-0.25, -0.2) is 0 Å². The Bertz CT molecular complexity index is 816. The predicted octanol–water partition coefficient (Wildman–Crippen LogP) is 4.56. The number of amides is 2. The second kappa shape index (κ2) is 12.1. The summed E-state index contributed by atoms with van der Waals surface area (Å²) in [4.78, 5) is 27.6. The fourth-order valence-electron chi connectivity index (χ4n) is 3.45. The lowest BCUT2D eigenvalue weighted by molar-refractivity contribution is -0.142. The fraction of sp³-hybridized carbons (Fsp3) is 0.462. The number of carbonyl (C=O) groups is 2. The minimum Gasteiger partial charge on any atom is -0.484 e. The van der Waals surface area contributed by atoms with Gasteiger partial charge in [0.1, 0.15) is 11.8 Å². The van der Waals surface area contributed by atoms with E-state index < -0.39 is 6.04 Å². The van der Waals surface area contributed by atoms with E-state index in [9.17, 15) is 9.59 Å². The van der Waals surface area contributed by atoms with Crippen LogP contribution in [0, 0.1) is 0 Å². The second-order valence-electron chi connectivity index (χ2n) is 8.42. The molecule has 0 saturated carbocycles. The van der Waals surface area contributed by atoms with Gasteiger partial charge in [-0.3, -0.25) is 9.59 Å². The molecule has 1 atom stereocenters. The molecule has 0 spiro atoms. The number of nitrogens with zero attached hydrogens (tertiary/aromatic N) is 1. The van der Waals surface area contributed by atoms with E-state index in [1.807, 2.05) is 75.4 Å². The highest BCUT2D eigenvalue weighted by Gasteiger charge is 2.28. The van der Waals surface area contributed by atoms with Gasteiger partial charge in [-0.1, -0.05) is 63.2 Å². The first-order valence-corrected chi connectivity index (χ1v) is 11.2. The largest absolute Gasteiger partial charge is 0.484 e. The molecule has 168 valence electrons. The van der Waals surface area contributed by atoms with Crippen molar-refractivity contribution in [3.8, 4) is 5.75 Å². The van der Waals surface area contributed by atoms with Crippen LogP contribution in [0.4, 0.5) is 0 Å². The molecule has 0 aromatic heterocycles. The Labute approximate surface area is 186 Å². The normalized spacial score (nSPS) is 12.0. The molecule has 2 amide bonds. The third kappa shape index (κ3) is 7.74. The molecule has 0 aliphatic carbocycles. The van der Waals surface area contributed by atoms with Crippen LogP contribution in [0.3, 0.4) is 0 Å². The predicted molar refractivity (Wildman–Crippen MR) is 125 cm³/mol. The molecule has 0 radical (unpaired) electrons.